The lowest BCUT2D eigenvalue weighted by Gasteiger charge is -2.10. The van der Waals surface area contributed by atoms with Crippen molar-refractivity contribution in [3.63, 3.8) is 0 Å². The number of carbonyl (C=O) groups excluding carboxylic acids is 2. The molecule has 0 heterocycles. The Balaban J connectivity index is 3.85. The van der Waals surface area contributed by atoms with Crippen LogP contribution < -0.4 is 5.32 Å². The number of hydrogen-bond acceptors (Lipinski definition) is 4. The van der Waals surface area contributed by atoms with Crippen molar-refractivity contribution < 1.29 is 24.2 Å². The lowest BCUT2D eigenvalue weighted by molar-refractivity contribution is -0.153. The van der Waals surface area contributed by atoms with Gasteiger partial charge in [0.2, 0.25) is 5.91 Å². The summed E-state index contributed by atoms with van der Waals surface area (Å²) in [5.41, 5.74) is 0.301. The van der Waals surface area contributed by atoms with Crippen LogP contribution in [0.2, 0.25) is 0 Å². The number of rotatable bonds is 6. The van der Waals surface area contributed by atoms with Crippen molar-refractivity contribution >= 4 is 17.8 Å². The number of aliphatic carboxylic acids is 1. The molecule has 0 saturated carbocycles. The third-order valence-electron chi connectivity index (χ3n) is 1.72. The standard InChI is InChI=1S/C10H15NO5/c1-6(2)9(14)11-5-16-10(15)7(3)4-8(12)13/h7H,1,4-5H2,2-3H3,(H,11,14)(H,12,13). The van der Waals surface area contributed by atoms with Crippen LogP contribution in [0, 0.1) is 5.92 Å². The number of hydrogen-bond donors (Lipinski definition) is 2. The van der Waals surface area contributed by atoms with Gasteiger partial charge in [0.1, 0.15) is 0 Å². The molecule has 0 bridgehead atoms. The Labute approximate surface area is 93.3 Å². The number of nitrogens with one attached hydrogen (secondary N) is 1. The Kier molecular flexibility index (Phi) is 5.84. The highest BCUT2D eigenvalue weighted by Gasteiger charge is 2.17. The number of amides is 1. The molecular weight excluding hydrogens is 214 g/mol. The van der Waals surface area contributed by atoms with Crippen molar-refractivity contribution in [1.82, 2.24) is 5.32 Å². The molecule has 16 heavy (non-hydrogen) atoms. The smallest absolute Gasteiger partial charge is 0.310 e. The number of carboxylic acids is 1. The highest BCUT2D eigenvalue weighted by atomic mass is 16.5. The molecule has 0 aliphatic rings. The molecule has 0 aromatic carbocycles. The molecule has 0 aliphatic carbocycles. The Morgan fingerprint density at radius 1 is 1.44 bits per heavy atom. The van der Waals surface area contributed by atoms with E-state index in [1.807, 2.05) is 0 Å². The van der Waals surface area contributed by atoms with E-state index >= 15 is 0 Å². The first-order valence-corrected chi connectivity index (χ1v) is 4.66. The van der Waals surface area contributed by atoms with E-state index in [-0.39, 0.29) is 13.2 Å². The average Bonchev–Trinajstić information content (AvgIpc) is 2.15. The first-order valence-electron chi connectivity index (χ1n) is 4.66. The van der Waals surface area contributed by atoms with Gasteiger partial charge in [-0.2, -0.15) is 0 Å². The van der Waals surface area contributed by atoms with Crippen LogP contribution in [0.5, 0.6) is 0 Å². The fourth-order valence-corrected chi connectivity index (χ4v) is 0.811. The Morgan fingerprint density at radius 2 is 2.00 bits per heavy atom. The van der Waals surface area contributed by atoms with Crippen molar-refractivity contribution in [3.8, 4) is 0 Å². The van der Waals surface area contributed by atoms with Gasteiger partial charge in [0.15, 0.2) is 6.73 Å². The molecule has 0 aliphatic heterocycles. The molecule has 0 radical (unpaired) electrons. The number of esters is 1. The monoisotopic (exact) mass is 229 g/mol. The molecule has 0 spiro atoms. The van der Waals surface area contributed by atoms with E-state index < -0.39 is 23.8 Å². The second-order valence-corrected chi connectivity index (χ2v) is 3.39. The third kappa shape index (κ3) is 5.79. The fraction of sp³-hybridized carbons (Fsp3) is 0.500. The molecule has 1 unspecified atom stereocenters. The van der Waals surface area contributed by atoms with Gasteiger partial charge in [0, 0.05) is 5.57 Å². The Bertz CT molecular complexity index is 310. The summed E-state index contributed by atoms with van der Waals surface area (Å²) in [7, 11) is 0. The van der Waals surface area contributed by atoms with Crippen LogP contribution >= 0.6 is 0 Å². The maximum atomic E-state index is 11.2. The summed E-state index contributed by atoms with van der Waals surface area (Å²) in [5, 5.41) is 10.7. The molecule has 0 saturated heterocycles. The van der Waals surface area contributed by atoms with Crippen molar-refractivity contribution in [2.45, 2.75) is 20.3 Å². The van der Waals surface area contributed by atoms with Crippen molar-refractivity contribution in [1.29, 1.82) is 0 Å². The minimum Gasteiger partial charge on any atom is -0.481 e. The largest absolute Gasteiger partial charge is 0.481 e. The first-order chi connectivity index (χ1) is 7.34. The van der Waals surface area contributed by atoms with Crippen LogP contribution in [-0.4, -0.2) is 29.7 Å². The molecular formula is C10H15NO5. The highest BCUT2D eigenvalue weighted by Crippen LogP contribution is 2.03. The zero-order valence-corrected chi connectivity index (χ0v) is 9.28. The predicted molar refractivity (Wildman–Crippen MR) is 55.3 cm³/mol. The summed E-state index contributed by atoms with van der Waals surface area (Å²) in [6, 6.07) is 0. The van der Waals surface area contributed by atoms with E-state index in [2.05, 4.69) is 16.6 Å². The summed E-state index contributed by atoms with van der Waals surface area (Å²) < 4.78 is 4.65. The molecule has 1 amide bonds. The maximum absolute atomic E-state index is 11.2. The minimum absolute atomic E-state index is 0.283. The Morgan fingerprint density at radius 3 is 2.44 bits per heavy atom. The van der Waals surface area contributed by atoms with Crippen LogP contribution in [0.4, 0.5) is 0 Å². The lowest BCUT2D eigenvalue weighted by atomic mass is 10.1. The van der Waals surface area contributed by atoms with E-state index in [4.69, 9.17) is 5.11 Å². The van der Waals surface area contributed by atoms with Gasteiger partial charge in [-0.1, -0.05) is 13.5 Å². The molecule has 2 N–H and O–H groups in total. The van der Waals surface area contributed by atoms with Crippen LogP contribution in [0.25, 0.3) is 0 Å². The lowest BCUT2D eigenvalue weighted by Crippen LogP contribution is -2.29. The normalized spacial score (nSPS) is 11.4. The SMILES string of the molecule is C=C(C)C(=O)NCOC(=O)C(C)CC(=O)O. The van der Waals surface area contributed by atoms with Gasteiger partial charge in [0.25, 0.3) is 0 Å². The van der Waals surface area contributed by atoms with E-state index in [0.29, 0.717) is 5.57 Å². The van der Waals surface area contributed by atoms with E-state index in [0.717, 1.165) is 0 Å². The third-order valence-corrected chi connectivity index (χ3v) is 1.72. The molecule has 0 aromatic rings. The van der Waals surface area contributed by atoms with Gasteiger partial charge in [-0.25, -0.2) is 0 Å². The second-order valence-electron chi connectivity index (χ2n) is 3.39. The van der Waals surface area contributed by atoms with E-state index in [9.17, 15) is 14.4 Å². The summed E-state index contributed by atoms with van der Waals surface area (Å²) in [6.07, 6.45) is -0.298. The summed E-state index contributed by atoms with van der Waals surface area (Å²) in [4.78, 5) is 32.4. The van der Waals surface area contributed by atoms with E-state index in [1.54, 1.807) is 0 Å². The van der Waals surface area contributed by atoms with Gasteiger partial charge < -0.3 is 15.2 Å². The van der Waals surface area contributed by atoms with Gasteiger partial charge in [0.05, 0.1) is 12.3 Å². The van der Waals surface area contributed by atoms with Gasteiger partial charge in [-0.15, -0.1) is 0 Å². The topological polar surface area (TPSA) is 92.7 Å². The van der Waals surface area contributed by atoms with E-state index in [1.165, 1.54) is 13.8 Å². The number of carboxylic acid groups (broad SMARTS) is 1. The maximum Gasteiger partial charge on any atom is 0.310 e. The average molecular weight is 229 g/mol. The summed E-state index contributed by atoms with van der Waals surface area (Å²) in [6.45, 7) is 6.07. The van der Waals surface area contributed by atoms with Gasteiger partial charge in [-0.05, 0) is 6.92 Å². The van der Waals surface area contributed by atoms with Gasteiger partial charge in [-0.3, -0.25) is 14.4 Å². The van der Waals surface area contributed by atoms with Crippen molar-refractivity contribution in [3.05, 3.63) is 12.2 Å². The quantitative estimate of drug-likeness (QED) is 0.388. The zero-order valence-electron chi connectivity index (χ0n) is 9.28. The zero-order chi connectivity index (χ0) is 12.7. The fourth-order valence-electron chi connectivity index (χ4n) is 0.811. The molecule has 0 fully saturated rings. The first kappa shape index (κ1) is 14.2. The van der Waals surface area contributed by atoms with Crippen LogP contribution in [-0.2, 0) is 19.1 Å². The van der Waals surface area contributed by atoms with Crippen LogP contribution in [0.1, 0.15) is 20.3 Å². The van der Waals surface area contributed by atoms with Crippen LogP contribution in [0.15, 0.2) is 12.2 Å². The highest BCUT2D eigenvalue weighted by molar-refractivity contribution is 5.92. The van der Waals surface area contributed by atoms with Crippen molar-refractivity contribution in [2.75, 3.05) is 6.73 Å². The number of carbonyl (C=O) groups is 3. The summed E-state index contributed by atoms with van der Waals surface area (Å²) in [5.74, 6) is -2.89. The molecule has 6 nitrogen and oxygen atoms in total. The van der Waals surface area contributed by atoms with Crippen LogP contribution in [0.3, 0.4) is 0 Å². The summed E-state index contributed by atoms with van der Waals surface area (Å²) >= 11 is 0. The predicted octanol–water partition coefficient (Wildman–Crippen LogP) is 0.290. The second kappa shape index (κ2) is 6.60. The van der Waals surface area contributed by atoms with Gasteiger partial charge >= 0.3 is 11.9 Å². The molecule has 0 rings (SSSR count). The molecule has 0 aromatic heterocycles. The molecule has 1 atom stereocenters. The molecule has 90 valence electrons. The van der Waals surface area contributed by atoms with Crippen molar-refractivity contribution in [2.24, 2.45) is 5.92 Å². The minimum atomic E-state index is -1.07. The Hall–Kier alpha value is -1.85. The number of ether oxygens (including phenoxy) is 1. The molecule has 6 heteroatoms.